The van der Waals surface area contributed by atoms with Gasteiger partial charge in [-0.1, -0.05) is 6.58 Å². The molecule has 7 N–H and O–H groups in total. The van der Waals surface area contributed by atoms with Crippen molar-refractivity contribution in [1.82, 2.24) is 10.2 Å². The van der Waals surface area contributed by atoms with Gasteiger partial charge in [0.1, 0.15) is 30.2 Å². The number of nitrogens with zero attached hydrogens (tertiary/aromatic N) is 1. The van der Waals surface area contributed by atoms with Crippen LogP contribution in [0.1, 0.15) is 13.3 Å². The lowest BCUT2D eigenvalue weighted by atomic mass is 10.0. The van der Waals surface area contributed by atoms with E-state index in [-0.39, 0.29) is 12.2 Å². The van der Waals surface area contributed by atoms with Gasteiger partial charge in [-0.3, -0.25) is 13.8 Å². The number of hydrogen-bond acceptors (Lipinski definition) is 13. The van der Waals surface area contributed by atoms with E-state index in [1.165, 1.54) is 18.0 Å². The van der Waals surface area contributed by atoms with Gasteiger partial charge < -0.3 is 49.9 Å². The molecule has 16 nitrogen and oxygen atoms in total. The highest BCUT2D eigenvalue weighted by atomic mass is 31.3. The molecule has 18 heteroatoms. The fourth-order valence-corrected chi connectivity index (χ4v) is 5.56. The van der Waals surface area contributed by atoms with Gasteiger partial charge in [-0.2, -0.15) is 4.31 Å². The molecule has 0 aromatic carbocycles. The smallest absolute Gasteiger partial charge is 0.390 e. The van der Waals surface area contributed by atoms with Crippen LogP contribution in [0.3, 0.4) is 0 Å². The highest BCUT2D eigenvalue weighted by Crippen LogP contribution is 2.61. The Kier molecular flexibility index (Phi) is 8.37. The van der Waals surface area contributed by atoms with Crippen molar-refractivity contribution in [2.24, 2.45) is 0 Å². The maximum atomic E-state index is 12.2. The lowest BCUT2D eigenvalue weighted by molar-refractivity contribution is -0.235. The number of aliphatic hydroxyl groups excluding tert-OH is 4. The minimum atomic E-state index is -5.37. The molecule has 3 aliphatic heterocycles. The molecule has 3 heterocycles. The zero-order valence-corrected chi connectivity index (χ0v) is 19.5. The summed E-state index contributed by atoms with van der Waals surface area (Å²) in [6, 6.07) is 0. The predicted molar refractivity (Wildman–Crippen MR) is 108 cm³/mol. The predicted octanol–water partition coefficient (Wildman–Crippen LogP) is -2.04. The first-order valence-corrected chi connectivity index (χ1v) is 12.9. The first-order valence-electron chi connectivity index (χ1n) is 9.88. The van der Waals surface area contributed by atoms with Crippen molar-refractivity contribution in [3.63, 3.8) is 0 Å². The topological polar surface area (TPSA) is 234 Å². The number of phosphoric ester groups is 2. The molecule has 1 amide bonds. The van der Waals surface area contributed by atoms with Crippen molar-refractivity contribution in [2.45, 2.75) is 62.5 Å². The van der Waals surface area contributed by atoms with E-state index in [0.717, 1.165) is 6.08 Å². The zero-order chi connectivity index (χ0) is 25.4. The molecule has 2 fully saturated rings. The Bertz CT molecular complexity index is 916. The summed E-state index contributed by atoms with van der Waals surface area (Å²) in [5.74, 6) is -0.440. The number of amides is 1. The molecule has 34 heavy (non-hydrogen) atoms. The van der Waals surface area contributed by atoms with Crippen LogP contribution in [0.5, 0.6) is 0 Å². The molecule has 3 aliphatic rings. The van der Waals surface area contributed by atoms with E-state index in [0.29, 0.717) is 0 Å². The SMILES string of the molecule is C=C1NC(=O)C=CN1[C@@H]1O[C@H](COP(=O)(O)OP(=O)(O)O[C@H]2OC(C)C[C@H](O)C2O)[C@H](O)C1O. The zero-order valence-electron chi connectivity index (χ0n) is 17.7. The molecule has 0 aromatic rings. The van der Waals surface area contributed by atoms with E-state index in [2.05, 4.69) is 25.3 Å². The number of nitrogens with one attached hydrogen (secondary N) is 1. The Hall–Kier alpha value is -1.23. The van der Waals surface area contributed by atoms with Gasteiger partial charge in [-0.05, 0) is 6.92 Å². The Labute approximate surface area is 193 Å². The quantitative estimate of drug-likeness (QED) is 0.167. The Morgan fingerprint density at radius 3 is 2.47 bits per heavy atom. The molecular weight excluding hydrogens is 506 g/mol. The molecule has 5 unspecified atom stereocenters. The van der Waals surface area contributed by atoms with Crippen molar-refractivity contribution < 1.29 is 67.0 Å². The summed E-state index contributed by atoms with van der Waals surface area (Å²) in [5.41, 5.74) is 0. The van der Waals surface area contributed by atoms with Crippen LogP contribution in [0.2, 0.25) is 0 Å². The number of carbonyl (C=O) groups excluding carboxylic acids is 1. The van der Waals surface area contributed by atoms with Crippen LogP contribution in [0.15, 0.2) is 24.7 Å². The van der Waals surface area contributed by atoms with Crippen molar-refractivity contribution in [3.8, 4) is 0 Å². The molecule has 2 saturated heterocycles. The van der Waals surface area contributed by atoms with Gasteiger partial charge in [0.15, 0.2) is 12.5 Å². The molecular formula is C16H26N2O14P2. The number of carbonyl (C=O) groups is 1. The lowest BCUT2D eigenvalue weighted by Gasteiger charge is -2.35. The van der Waals surface area contributed by atoms with Crippen LogP contribution >= 0.6 is 15.6 Å². The molecule has 194 valence electrons. The van der Waals surface area contributed by atoms with E-state index in [4.69, 9.17) is 9.47 Å². The molecule has 0 radical (unpaired) electrons. The third-order valence-corrected chi connectivity index (χ3v) is 7.64. The average molecular weight is 532 g/mol. The summed E-state index contributed by atoms with van der Waals surface area (Å²) in [7, 11) is -10.7. The van der Waals surface area contributed by atoms with Crippen molar-refractivity contribution >= 4 is 21.6 Å². The van der Waals surface area contributed by atoms with Gasteiger partial charge in [-0.25, -0.2) is 9.13 Å². The van der Waals surface area contributed by atoms with Crippen molar-refractivity contribution in [2.75, 3.05) is 6.61 Å². The summed E-state index contributed by atoms with van der Waals surface area (Å²) in [4.78, 5) is 32.1. The Balaban J connectivity index is 1.57. The van der Waals surface area contributed by atoms with Gasteiger partial charge in [0.05, 0.1) is 18.8 Å². The van der Waals surface area contributed by atoms with Crippen LogP contribution in [0, 0.1) is 0 Å². The second-order valence-corrected chi connectivity index (χ2v) is 10.7. The molecule has 0 bridgehead atoms. The third-order valence-electron chi connectivity index (χ3n) is 5.04. The maximum Gasteiger partial charge on any atom is 0.483 e. The highest BCUT2D eigenvalue weighted by molar-refractivity contribution is 7.61. The molecule has 0 aromatic heterocycles. The standard InChI is InChI=1S/C16H26N2O14P2/c1-7-5-9(19)12(21)16(29-7)31-34(26,27)32-33(24,25)28-6-10-13(22)14(23)15(30-10)18-4-3-11(20)17-8(18)2/h3-4,7,9-10,12-16,19,21-23H,2,5-6H2,1H3,(H,17,20)(H,24,25)(H,26,27)/t7?,9-,10+,12?,13-,14?,15+,16+/m0/s1. The van der Waals surface area contributed by atoms with Crippen LogP contribution in [-0.2, 0) is 36.8 Å². The first-order chi connectivity index (χ1) is 15.7. The van der Waals surface area contributed by atoms with Crippen LogP contribution in [-0.4, -0.2) is 96.8 Å². The van der Waals surface area contributed by atoms with Gasteiger partial charge in [-0.15, -0.1) is 0 Å². The average Bonchev–Trinajstić information content (AvgIpc) is 2.97. The minimum absolute atomic E-state index is 0.0166. The summed E-state index contributed by atoms with van der Waals surface area (Å²) in [6.07, 6.45) is -9.05. The molecule has 0 saturated carbocycles. The van der Waals surface area contributed by atoms with Crippen LogP contribution in [0.4, 0.5) is 0 Å². The number of ether oxygens (including phenoxy) is 2. The Morgan fingerprint density at radius 1 is 1.15 bits per heavy atom. The number of aliphatic hydroxyl groups is 4. The molecule has 3 rings (SSSR count). The monoisotopic (exact) mass is 532 g/mol. The summed E-state index contributed by atoms with van der Waals surface area (Å²) in [6.45, 7) is 4.20. The van der Waals surface area contributed by atoms with E-state index < -0.39 is 77.3 Å². The minimum Gasteiger partial charge on any atom is -0.390 e. The van der Waals surface area contributed by atoms with E-state index >= 15 is 0 Å². The fourth-order valence-electron chi connectivity index (χ4n) is 3.41. The normalized spacial score (nSPS) is 40.0. The first kappa shape index (κ1) is 27.4. The van der Waals surface area contributed by atoms with Crippen molar-refractivity contribution in [1.29, 1.82) is 0 Å². The fraction of sp³-hybridized carbons (Fsp3) is 0.688. The number of phosphoric acid groups is 2. The molecule has 0 spiro atoms. The van der Waals surface area contributed by atoms with Gasteiger partial charge in [0, 0.05) is 18.7 Å². The second kappa shape index (κ2) is 10.4. The molecule has 0 aliphatic carbocycles. The lowest BCUT2D eigenvalue weighted by Crippen LogP contribution is -2.48. The third kappa shape index (κ3) is 6.50. The number of hydrogen-bond donors (Lipinski definition) is 7. The van der Waals surface area contributed by atoms with Crippen LogP contribution in [0.25, 0.3) is 0 Å². The summed E-state index contributed by atoms with van der Waals surface area (Å²) >= 11 is 0. The van der Waals surface area contributed by atoms with Gasteiger partial charge in [0.25, 0.3) is 5.91 Å². The van der Waals surface area contributed by atoms with Gasteiger partial charge in [0.2, 0.25) is 0 Å². The second-order valence-electron chi connectivity index (χ2n) is 7.73. The van der Waals surface area contributed by atoms with E-state index in [1.807, 2.05) is 0 Å². The number of rotatable bonds is 8. The van der Waals surface area contributed by atoms with Gasteiger partial charge >= 0.3 is 15.6 Å². The van der Waals surface area contributed by atoms with E-state index in [1.54, 1.807) is 0 Å². The summed E-state index contributed by atoms with van der Waals surface area (Å²) in [5, 5.41) is 42.3. The van der Waals surface area contributed by atoms with Crippen molar-refractivity contribution in [3.05, 3.63) is 24.7 Å². The molecule has 10 atom stereocenters. The van der Waals surface area contributed by atoms with E-state index in [9.17, 15) is 44.1 Å². The van der Waals surface area contributed by atoms with Crippen LogP contribution < -0.4 is 5.32 Å². The Morgan fingerprint density at radius 2 is 1.82 bits per heavy atom. The summed E-state index contributed by atoms with van der Waals surface area (Å²) < 4.78 is 48.1. The highest BCUT2D eigenvalue weighted by Gasteiger charge is 2.48. The largest absolute Gasteiger partial charge is 0.483 e. The maximum absolute atomic E-state index is 12.2.